The minimum Gasteiger partial charge on any atom is -0.330 e. The zero-order valence-electron chi connectivity index (χ0n) is 12.7. The van der Waals surface area contributed by atoms with Crippen LogP contribution >= 0.6 is 0 Å². The van der Waals surface area contributed by atoms with E-state index in [1.807, 2.05) is 24.3 Å². The van der Waals surface area contributed by atoms with Crippen LogP contribution in [0.2, 0.25) is 0 Å². The Morgan fingerprint density at radius 3 is 2.43 bits per heavy atom. The number of imide groups is 1. The summed E-state index contributed by atoms with van der Waals surface area (Å²) in [5, 5.41) is 2.82. The summed E-state index contributed by atoms with van der Waals surface area (Å²) in [5.41, 5.74) is 6.51. The molecule has 1 aromatic carbocycles. The second kappa shape index (κ2) is 6.26. The minimum atomic E-state index is -0.966. The molecule has 0 radical (unpaired) electrons. The van der Waals surface area contributed by atoms with Gasteiger partial charge < -0.3 is 11.1 Å². The first-order valence-electron chi connectivity index (χ1n) is 7.46. The Hall–Kier alpha value is -1.88. The second-order valence-corrected chi connectivity index (χ2v) is 5.56. The Morgan fingerprint density at radius 2 is 1.86 bits per heavy atom. The van der Waals surface area contributed by atoms with Gasteiger partial charge in [0.05, 0.1) is 0 Å². The number of carbonyl (C=O) groups excluding carboxylic acids is 2. The number of benzene rings is 1. The third-order valence-corrected chi connectivity index (χ3v) is 4.05. The normalized spacial score (nSPS) is 21.8. The van der Waals surface area contributed by atoms with Crippen LogP contribution in [0.1, 0.15) is 37.8 Å². The van der Waals surface area contributed by atoms with E-state index in [2.05, 4.69) is 12.2 Å². The molecule has 0 saturated carbocycles. The van der Waals surface area contributed by atoms with E-state index >= 15 is 0 Å². The molecule has 1 fully saturated rings. The van der Waals surface area contributed by atoms with Gasteiger partial charge in [0, 0.05) is 6.54 Å². The predicted molar refractivity (Wildman–Crippen MR) is 81.7 cm³/mol. The molecule has 0 aliphatic carbocycles. The van der Waals surface area contributed by atoms with Gasteiger partial charge >= 0.3 is 6.03 Å². The molecule has 1 heterocycles. The van der Waals surface area contributed by atoms with Gasteiger partial charge in [-0.2, -0.15) is 0 Å². The molecule has 3 N–H and O–H groups in total. The number of amides is 3. The summed E-state index contributed by atoms with van der Waals surface area (Å²) in [4.78, 5) is 25.9. The van der Waals surface area contributed by atoms with E-state index in [4.69, 9.17) is 5.73 Å². The number of nitrogens with zero attached hydrogens (tertiary/aromatic N) is 1. The van der Waals surface area contributed by atoms with Crippen LogP contribution in [0.3, 0.4) is 0 Å². The number of nitrogens with one attached hydrogen (secondary N) is 1. The van der Waals surface area contributed by atoms with Crippen LogP contribution in [0.15, 0.2) is 24.3 Å². The SMILES string of the molecule is CCc1ccc(C2(C)NC(=O)N(CCCCN)C2=O)cc1. The van der Waals surface area contributed by atoms with E-state index in [0.29, 0.717) is 13.1 Å². The molecule has 1 aliphatic heterocycles. The van der Waals surface area contributed by atoms with Crippen molar-refractivity contribution in [2.75, 3.05) is 13.1 Å². The van der Waals surface area contributed by atoms with E-state index in [0.717, 1.165) is 24.8 Å². The summed E-state index contributed by atoms with van der Waals surface area (Å²) in [6.45, 7) is 4.83. The zero-order chi connectivity index (χ0) is 15.5. The van der Waals surface area contributed by atoms with Crippen molar-refractivity contribution in [3.05, 3.63) is 35.4 Å². The number of urea groups is 1. The molecule has 5 heteroatoms. The fourth-order valence-electron chi connectivity index (χ4n) is 2.58. The second-order valence-electron chi connectivity index (χ2n) is 5.56. The molecule has 21 heavy (non-hydrogen) atoms. The maximum absolute atomic E-state index is 12.6. The van der Waals surface area contributed by atoms with Crippen molar-refractivity contribution in [2.24, 2.45) is 5.73 Å². The third-order valence-electron chi connectivity index (χ3n) is 4.05. The lowest BCUT2D eigenvalue weighted by molar-refractivity contribution is -0.131. The molecule has 1 aliphatic rings. The van der Waals surface area contributed by atoms with Crippen molar-refractivity contribution in [3.63, 3.8) is 0 Å². The van der Waals surface area contributed by atoms with Crippen LogP contribution in [0.5, 0.6) is 0 Å². The van der Waals surface area contributed by atoms with Crippen molar-refractivity contribution in [1.82, 2.24) is 10.2 Å². The lowest BCUT2D eigenvalue weighted by Gasteiger charge is -2.22. The van der Waals surface area contributed by atoms with Crippen molar-refractivity contribution < 1.29 is 9.59 Å². The molecular formula is C16H23N3O2. The minimum absolute atomic E-state index is 0.186. The summed E-state index contributed by atoms with van der Waals surface area (Å²) < 4.78 is 0. The van der Waals surface area contributed by atoms with Crippen molar-refractivity contribution in [1.29, 1.82) is 0 Å². The lowest BCUT2D eigenvalue weighted by atomic mass is 9.91. The van der Waals surface area contributed by atoms with E-state index in [9.17, 15) is 9.59 Å². The number of unbranched alkanes of at least 4 members (excludes halogenated alkanes) is 1. The van der Waals surface area contributed by atoms with Gasteiger partial charge in [-0.25, -0.2) is 4.79 Å². The van der Waals surface area contributed by atoms with Crippen LogP contribution in [-0.2, 0) is 16.8 Å². The monoisotopic (exact) mass is 289 g/mol. The Labute approximate surface area is 125 Å². The van der Waals surface area contributed by atoms with Gasteiger partial charge in [-0.1, -0.05) is 31.2 Å². The molecule has 3 amide bonds. The average Bonchev–Trinajstić information content (AvgIpc) is 2.71. The first-order valence-corrected chi connectivity index (χ1v) is 7.46. The van der Waals surface area contributed by atoms with Crippen molar-refractivity contribution in [3.8, 4) is 0 Å². The molecule has 0 spiro atoms. The Balaban J connectivity index is 2.18. The average molecular weight is 289 g/mol. The standard InChI is InChI=1S/C16H23N3O2/c1-3-12-6-8-13(9-7-12)16(2)14(20)19(15(21)18-16)11-5-4-10-17/h6-9H,3-5,10-11,17H2,1-2H3,(H,18,21). The molecule has 1 saturated heterocycles. The number of nitrogens with two attached hydrogens (primary N) is 1. The summed E-state index contributed by atoms with van der Waals surface area (Å²) in [7, 11) is 0. The van der Waals surface area contributed by atoms with E-state index in [-0.39, 0.29) is 11.9 Å². The van der Waals surface area contributed by atoms with Gasteiger partial charge in [0.2, 0.25) is 0 Å². The Kier molecular flexibility index (Phi) is 4.63. The number of rotatable bonds is 6. The number of hydrogen-bond acceptors (Lipinski definition) is 3. The highest BCUT2D eigenvalue weighted by Gasteiger charge is 2.48. The van der Waals surface area contributed by atoms with Crippen LogP contribution < -0.4 is 11.1 Å². The number of carbonyl (C=O) groups is 2. The molecule has 1 unspecified atom stereocenters. The summed E-state index contributed by atoms with van der Waals surface area (Å²) in [5.74, 6) is -0.186. The van der Waals surface area contributed by atoms with Gasteiger partial charge in [0.25, 0.3) is 5.91 Å². The number of hydrogen-bond donors (Lipinski definition) is 2. The lowest BCUT2D eigenvalue weighted by Crippen LogP contribution is -2.41. The van der Waals surface area contributed by atoms with Gasteiger partial charge in [-0.15, -0.1) is 0 Å². The molecule has 5 nitrogen and oxygen atoms in total. The smallest absolute Gasteiger partial charge is 0.325 e. The van der Waals surface area contributed by atoms with E-state index < -0.39 is 5.54 Å². The fraction of sp³-hybridized carbons (Fsp3) is 0.500. The van der Waals surface area contributed by atoms with Crippen LogP contribution in [0.25, 0.3) is 0 Å². The third kappa shape index (κ3) is 2.93. The summed E-state index contributed by atoms with van der Waals surface area (Å²) in [6.07, 6.45) is 2.49. The first kappa shape index (κ1) is 15.5. The van der Waals surface area contributed by atoms with E-state index in [1.54, 1.807) is 6.92 Å². The summed E-state index contributed by atoms with van der Waals surface area (Å²) in [6, 6.07) is 7.51. The van der Waals surface area contributed by atoms with Gasteiger partial charge in [0.1, 0.15) is 5.54 Å². The Morgan fingerprint density at radius 1 is 1.19 bits per heavy atom. The highest BCUT2D eigenvalue weighted by atomic mass is 16.2. The van der Waals surface area contributed by atoms with Crippen molar-refractivity contribution >= 4 is 11.9 Å². The zero-order valence-corrected chi connectivity index (χ0v) is 12.7. The van der Waals surface area contributed by atoms with Crippen molar-refractivity contribution in [2.45, 2.75) is 38.6 Å². The number of aryl methyl sites for hydroxylation is 1. The molecule has 0 bridgehead atoms. The maximum atomic E-state index is 12.6. The molecule has 1 atom stereocenters. The molecule has 1 aromatic rings. The molecule has 0 aromatic heterocycles. The van der Waals surface area contributed by atoms with Crippen LogP contribution in [-0.4, -0.2) is 29.9 Å². The highest BCUT2D eigenvalue weighted by Crippen LogP contribution is 2.29. The fourth-order valence-corrected chi connectivity index (χ4v) is 2.58. The van der Waals surface area contributed by atoms with Gasteiger partial charge in [0.15, 0.2) is 0 Å². The molecular weight excluding hydrogens is 266 g/mol. The molecule has 2 rings (SSSR count). The van der Waals surface area contributed by atoms with Gasteiger partial charge in [-0.05, 0) is 43.9 Å². The maximum Gasteiger partial charge on any atom is 0.325 e. The van der Waals surface area contributed by atoms with Crippen LogP contribution in [0.4, 0.5) is 4.79 Å². The first-order chi connectivity index (χ1) is 10.0. The largest absolute Gasteiger partial charge is 0.330 e. The topological polar surface area (TPSA) is 75.4 Å². The van der Waals surface area contributed by atoms with Crippen LogP contribution in [0, 0.1) is 0 Å². The summed E-state index contributed by atoms with van der Waals surface area (Å²) >= 11 is 0. The van der Waals surface area contributed by atoms with E-state index in [1.165, 1.54) is 10.5 Å². The predicted octanol–water partition coefficient (Wildman–Crippen LogP) is 1.75. The Bertz CT molecular complexity index is 527. The highest BCUT2D eigenvalue weighted by molar-refractivity contribution is 6.07. The quantitative estimate of drug-likeness (QED) is 0.619. The van der Waals surface area contributed by atoms with Gasteiger partial charge in [-0.3, -0.25) is 9.69 Å². The molecule has 114 valence electrons.